The van der Waals surface area contributed by atoms with E-state index in [0.29, 0.717) is 23.2 Å². The van der Waals surface area contributed by atoms with Crippen molar-refractivity contribution in [1.82, 2.24) is 14.8 Å². The molecule has 1 aromatic heterocycles. The number of nitrogens with zero attached hydrogens (tertiary/aromatic N) is 3. The summed E-state index contributed by atoms with van der Waals surface area (Å²) in [6.45, 7) is 3.28. The number of carbonyl (C=O) groups excluding carboxylic acids is 1. The zero-order chi connectivity index (χ0) is 25.7. The number of rotatable bonds is 9. The van der Waals surface area contributed by atoms with Crippen LogP contribution in [-0.2, 0) is 0 Å². The van der Waals surface area contributed by atoms with Gasteiger partial charge in [0.25, 0.3) is 5.91 Å². The Morgan fingerprint density at radius 3 is 2.40 bits per heavy atom. The number of carbonyl (C=O) groups is 1. The molecule has 0 fully saturated rings. The summed E-state index contributed by atoms with van der Waals surface area (Å²) < 4.78 is 20.1. The molecule has 1 amide bonds. The van der Waals surface area contributed by atoms with E-state index in [0.717, 1.165) is 18.5 Å². The first-order valence-corrected chi connectivity index (χ1v) is 11.9. The van der Waals surface area contributed by atoms with Gasteiger partial charge in [0.2, 0.25) is 5.88 Å². The van der Waals surface area contributed by atoms with Gasteiger partial charge in [0, 0.05) is 35.3 Å². The van der Waals surface area contributed by atoms with Gasteiger partial charge in [-0.2, -0.15) is 4.98 Å². The normalized spacial score (nSPS) is 12.0. The van der Waals surface area contributed by atoms with Gasteiger partial charge in [-0.15, -0.1) is 0 Å². The fourth-order valence-electron chi connectivity index (χ4n) is 3.64. The minimum atomic E-state index is -0.699. The van der Waals surface area contributed by atoms with Gasteiger partial charge in [0.1, 0.15) is 17.7 Å². The lowest BCUT2D eigenvalue weighted by Gasteiger charge is -2.20. The van der Waals surface area contributed by atoms with Gasteiger partial charge in [0.15, 0.2) is 0 Å². The van der Waals surface area contributed by atoms with E-state index in [1.54, 1.807) is 43.1 Å². The van der Waals surface area contributed by atoms with Crippen LogP contribution in [0.4, 0.5) is 10.2 Å². The molecule has 1 atom stereocenters. The maximum Gasteiger partial charge on any atom is 0.253 e. The van der Waals surface area contributed by atoms with Gasteiger partial charge in [0.05, 0.1) is 5.02 Å². The van der Waals surface area contributed by atoms with E-state index in [4.69, 9.17) is 33.7 Å². The quantitative estimate of drug-likeness (QED) is 0.355. The lowest BCUT2D eigenvalue weighted by atomic mass is 10.0. The summed E-state index contributed by atoms with van der Waals surface area (Å²) in [5.41, 5.74) is 8.25. The van der Waals surface area contributed by atoms with Crippen LogP contribution in [0.2, 0.25) is 10.0 Å². The second kappa shape index (κ2) is 11.7. The minimum Gasteiger partial charge on any atom is -0.469 e. The predicted molar refractivity (Wildman–Crippen MR) is 140 cm³/mol. The molecule has 3 aromatic rings. The second-order valence-corrected chi connectivity index (χ2v) is 9.35. The molecule has 2 aromatic carbocycles. The lowest BCUT2D eigenvalue weighted by Crippen LogP contribution is -2.29. The minimum absolute atomic E-state index is 0.0498. The van der Waals surface area contributed by atoms with Crippen molar-refractivity contribution < 1.29 is 13.9 Å². The molecule has 3 rings (SSSR count). The number of halogens is 3. The van der Waals surface area contributed by atoms with Crippen LogP contribution in [-0.4, -0.2) is 54.9 Å². The fraction of sp³-hybridized carbons (Fsp3) is 0.308. The maximum absolute atomic E-state index is 14.0. The van der Waals surface area contributed by atoms with Gasteiger partial charge < -0.3 is 20.3 Å². The topological polar surface area (TPSA) is 71.7 Å². The van der Waals surface area contributed by atoms with E-state index in [1.807, 2.05) is 26.2 Å². The third kappa shape index (κ3) is 6.63. The van der Waals surface area contributed by atoms with Gasteiger partial charge in [-0.3, -0.25) is 4.79 Å². The molecule has 0 aliphatic heterocycles. The number of nitrogens with two attached hydrogens (primary N) is 1. The summed E-state index contributed by atoms with van der Waals surface area (Å²) in [6.07, 6.45) is 0.193. The van der Waals surface area contributed by atoms with E-state index in [-0.39, 0.29) is 27.7 Å². The largest absolute Gasteiger partial charge is 0.469 e. The molecule has 1 heterocycles. The summed E-state index contributed by atoms with van der Waals surface area (Å²) in [4.78, 5) is 20.9. The van der Waals surface area contributed by atoms with E-state index in [1.165, 1.54) is 12.1 Å². The summed E-state index contributed by atoms with van der Waals surface area (Å²) >= 11 is 12.4. The SMILES string of the molecule is C[C@@H](Oc1nc(N)ccc1-c1ccc(C(=O)N(C)CCCN(C)C)cc1)c1c(Cl)ccc(F)c1Cl. The van der Waals surface area contributed by atoms with Crippen LogP contribution in [0, 0.1) is 5.82 Å². The Morgan fingerprint density at radius 1 is 1.06 bits per heavy atom. The highest BCUT2D eigenvalue weighted by molar-refractivity contribution is 6.36. The lowest BCUT2D eigenvalue weighted by molar-refractivity contribution is 0.0790. The molecule has 186 valence electrons. The van der Waals surface area contributed by atoms with E-state index in [9.17, 15) is 9.18 Å². The third-order valence-electron chi connectivity index (χ3n) is 5.54. The molecule has 0 saturated carbocycles. The molecule has 9 heteroatoms. The molecule has 35 heavy (non-hydrogen) atoms. The van der Waals surface area contributed by atoms with Crippen LogP contribution in [0.25, 0.3) is 11.1 Å². The summed E-state index contributed by atoms with van der Waals surface area (Å²) in [6, 6.07) is 13.3. The number of amides is 1. The van der Waals surface area contributed by atoms with Crippen molar-refractivity contribution in [3.05, 3.63) is 75.5 Å². The highest BCUT2D eigenvalue weighted by Gasteiger charge is 2.21. The predicted octanol–water partition coefficient (Wildman–Crippen LogP) is 5.94. The smallest absolute Gasteiger partial charge is 0.253 e. The van der Waals surface area contributed by atoms with Crippen LogP contribution >= 0.6 is 23.2 Å². The molecular formula is C26H29Cl2FN4O2. The van der Waals surface area contributed by atoms with E-state index < -0.39 is 11.9 Å². The number of benzene rings is 2. The molecule has 0 radical (unpaired) electrons. The van der Waals surface area contributed by atoms with Crippen molar-refractivity contribution in [1.29, 1.82) is 0 Å². The first-order chi connectivity index (χ1) is 16.6. The molecule has 0 spiro atoms. The van der Waals surface area contributed by atoms with Crippen molar-refractivity contribution in [2.45, 2.75) is 19.4 Å². The zero-order valence-electron chi connectivity index (χ0n) is 20.2. The van der Waals surface area contributed by atoms with Crippen molar-refractivity contribution in [2.75, 3.05) is 40.0 Å². The number of hydrogen-bond donors (Lipinski definition) is 1. The Hall–Kier alpha value is -2.87. The van der Waals surface area contributed by atoms with E-state index in [2.05, 4.69) is 9.88 Å². The van der Waals surface area contributed by atoms with E-state index >= 15 is 0 Å². The highest BCUT2D eigenvalue weighted by atomic mass is 35.5. The molecule has 0 aliphatic carbocycles. The molecule has 0 aliphatic rings. The van der Waals surface area contributed by atoms with Crippen LogP contribution in [0.5, 0.6) is 5.88 Å². The molecule has 0 saturated heterocycles. The number of pyridine rings is 1. The van der Waals surface area contributed by atoms with Gasteiger partial charge >= 0.3 is 0 Å². The first-order valence-electron chi connectivity index (χ1n) is 11.2. The summed E-state index contributed by atoms with van der Waals surface area (Å²) in [5.74, 6) is -0.132. The first kappa shape index (κ1) is 26.7. The highest BCUT2D eigenvalue weighted by Crippen LogP contribution is 2.37. The summed E-state index contributed by atoms with van der Waals surface area (Å²) in [7, 11) is 5.81. The van der Waals surface area contributed by atoms with Crippen molar-refractivity contribution in [3.63, 3.8) is 0 Å². The number of hydrogen-bond acceptors (Lipinski definition) is 5. The standard InChI is InChI=1S/C26H29Cl2FN4O2/c1-16(23-20(27)11-12-21(29)24(23)28)35-25-19(10-13-22(30)31-25)17-6-8-18(9-7-17)26(34)33(4)15-5-14-32(2)3/h6-13,16H,5,14-15H2,1-4H3,(H2,30,31)/t16-/m1/s1. The Kier molecular flexibility index (Phi) is 8.94. The maximum atomic E-state index is 14.0. The van der Waals surface area contributed by atoms with Crippen molar-refractivity contribution in [2.24, 2.45) is 0 Å². The number of nitrogen functional groups attached to an aromatic ring is 1. The Bertz CT molecular complexity index is 1190. The van der Waals surface area contributed by atoms with Crippen LogP contribution < -0.4 is 10.5 Å². The van der Waals surface area contributed by atoms with Crippen LogP contribution in [0.15, 0.2) is 48.5 Å². The Balaban J connectivity index is 1.83. The molecular weight excluding hydrogens is 490 g/mol. The molecule has 2 N–H and O–H groups in total. The zero-order valence-corrected chi connectivity index (χ0v) is 21.7. The number of aromatic nitrogens is 1. The fourth-order valence-corrected chi connectivity index (χ4v) is 4.32. The Labute approximate surface area is 215 Å². The van der Waals surface area contributed by atoms with Gasteiger partial charge in [-0.1, -0.05) is 35.3 Å². The average molecular weight is 519 g/mol. The Morgan fingerprint density at radius 2 is 1.74 bits per heavy atom. The molecule has 0 bridgehead atoms. The van der Waals surface area contributed by atoms with Gasteiger partial charge in [-0.05, 0) is 75.9 Å². The summed E-state index contributed by atoms with van der Waals surface area (Å²) in [5, 5.41) is 0.180. The molecule has 6 nitrogen and oxygen atoms in total. The average Bonchev–Trinajstić information content (AvgIpc) is 2.81. The monoisotopic (exact) mass is 518 g/mol. The number of ether oxygens (including phenoxy) is 1. The number of anilines is 1. The molecule has 0 unspecified atom stereocenters. The van der Waals surface area contributed by atoms with Crippen LogP contribution in [0.3, 0.4) is 0 Å². The van der Waals surface area contributed by atoms with Crippen LogP contribution in [0.1, 0.15) is 35.4 Å². The second-order valence-electron chi connectivity index (χ2n) is 8.57. The van der Waals surface area contributed by atoms with Crippen molar-refractivity contribution >= 4 is 34.9 Å². The van der Waals surface area contributed by atoms with Gasteiger partial charge in [-0.25, -0.2) is 4.39 Å². The van der Waals surface area contributed by atoms with Crippen molar-refractivity contribution in [3.8, 4) is 17.0 Å². The third-order valence-corrected chi connectivity index (χ3v) is 6.26.